The van der Waals surface area contributed by atoms with Gasteiger partial charge in [-0.2, -0.15) is 0 Å². The maximum atomic E-state index is 13.4. The molecule has 0 aliphatic carbocycles. The molecule has 0 unspecified atom stereocenters. The molecule has 3 aromatic rings. The van der Waals surface area contributed by atoms with Crippen molar-refractivity contribution in [2.75, 3.05) is 33.3 Å². The van der Waals surface area contributed by atoms with Gasteiger partial charge in [0.15, 0.2) is 11.6 Å². The molecule has 1 fully saturated rings. The molecular formula is C31H36N4O7. The molecule has 1 saturated heterocycles. The molecule has 2 aromatic carbocycles. The summed E-state index contributed by atoms with van der Waals surface area (Å²) in [5.74, 6) is 1.29. The number of nitrogens with one attached hydrogen (secondary N) is 1. The van der Waals surface area contributed by atoms with Crippen LogP contribution < -0.4 is 14.8 Å². The van der Waals surface area contributed by atoms with Crippen LogP contribution in [0.4, 0.5) is 0 Å². The van der Waals surface area contributed by atoms with Crippen LogP contribution in [0, 0.1) is 12.8 Å². The lowest BCUT2D eigenvalue weighted by molar-refractivity contribution is -0.124. The Bertz CT molecular complexity index is 1450. The Balaban J connectivity index is 1.42. The van der Waals surface area contributed by atoms with E-state index in [4.69, 9.17) is 18.6 Å². The molecule has 1 N–H and O–H groups in total. The monoisotopic (exact) mass is 576 g/mol. The lowest BCUT2D eigenvalue weighted by Gasteiger charge is -2.38. The molecular weight excluding hydrogens is 540 g/mol. The largest absolute Gasteiger partial charge is 0.493 e. The number of aromatic nitrogens is 1. The summed E-state index contributed by atoms with van der Waals surface area (Å²) in [6.07, 6.45) is 1.32. The molecule has 5 rings (SSSR count). The third-order valence-electron chi connectivity index (χ3n) is 7.07. The first kappa shape index (κ1) is 29.1. The summed E-state index contributed by atoms with van der Waals surface area (Å²) >= 11 is 0. The number of oxazole rings is 1. The summed E-state index contributed by atoms with van der Waals surface area (Å²) in [5, 5.41) is 3.03. The molecule has 2 aliphatic heterocycles. The smallest absolute Gasteiger partial charge is 0.275 e. The maximum Gasteiger partial charge on any atom is 0.275 e. The number of carbonyl (C=O) groups is 3. The van der Waals surface area contributed by atoms with Gasteiger partial charge >= 0.3 is 0 Å². The number of rotatable bonds is 4. The van der Waals surface area contributed by atoms with Crippen LogP contribution in [0.15, 0.2) is 53.1 Å². The normalized spacial score (nSPS) is 19.6. The number of hydrogen-bond acceptors (Lipinski definition) is 8. The molecule has 2 aliphatic rings. The number of ether oxygens (including phenoxy) is 3. The van der Waals surface area contributed by atoms with Crippen LogP contribution in [0.25, 0.3) is 0 Å². The average molecular weight is 577 g/mol. The van der Waals surface area contributed by atoms with Gasteiger partial charge in [0.2, 0.25) is 5.91 Å². The Morgan fingerprint density at radius 3 is 2.76 bits per heavy atom. The average Bonchev–Trinajstić information content (AvgIpc) is 3.40. The number of amides is 3. The molecule has 4 bridgehead atoms. The lowest BCUT2D eigenvalue weighted by atomic mass is 10.0. The van der Waals surface area contributed by atoms with Crippen LogP contribution in [-0.4, -0.2) is 77.9 Å². The summed E-state index contributed by atoms with van der Waals surface area (Å²) < 4.78 is 23.6. The second-order valence-corrected chi connectivity index (χ2v) is 11.1. The van der Waals surface area contributed by atoms with Crippen LogP contribution in [0.3, 0.4) is 0 Å². The number of likely N-dealkylation sites (N-methyl/N-ethyl adjacent to an activating group) is 1. The van der Waals surface area contributed by atoms with E-state index in [2.05, 4.69) is 10.3 Å². The van der Waals surface area contributed by atoms with E-state index in [9.17, 15) is 14.4 Å². The first-order chi connectivity index (χ1) is 20.1. The summed E-state index contributed by atoms with van der Waals surface area (Å²) in [6.45, 7) is 6.98. The van der Waals surface area contributed by atoms with Gasteiger partial charge in [0.25, 0.3) is 11.8 Å². The fraction of sp³-hybridized carbons (Fsp3) is 0.419. The minimum absolute atomic E-state index is 0.158. The number of aryl methyl sites for hydroxylation is 1. The first-order valence-electron chi connectivity index (χ1n) is 14.1. The molecule has 2 atom stereocenters. The van der Waals surface area contributed by atoms with Crippen LogP contribution in [0.1, 0.15) is 52.6 Å². The van der Waals surface area contributed by atoms with Crippen molar-refractivity contribution in [3.63, 3.8) is 0 Å². The fourth-order valence-electron chi connectivity index (χ4n) is 4.96. The van der Waals surface area contributed by atoms with Gasteiger partial charge in [-0.05, 0) is 42.2 Å². The van der Waals surface area contributed by atoms with Gasteiger partial charge in [-0.25, -0.2) is 4.98 Å². The SMILES string of the molecule is Cc1nc(C(=O)N2CC[C@@H]3NC(=O)CN(C)C(=O)c4cc(OCC(C)C)cc(c4)Oc4cccc(c4)CO[C@H]3C2)co1. The van der Waals surface area contributed by atoms with Crippen molar-refractivity contribution in [3.05, 3.63) is 71.4 Å². The Morgan fingerprint density at radius 2 is 2.00 bits per heavy atom. The van der Waals surface area contributed by atoms with Gasteiger partial charge in [0.05, 0.1) is 31.9 Å². The van der Waals surface area contributed by atoms with Crippen LogP contribution in [-0.2, 0) is 16.1 Å². The van der Waals surface area contributed by atoms with E-state index in [1.165, 1.54) is 11.2 Å². The van der Waals surface area contributed by atoms with Gasteiger partial charge in [-0.1, -0.05) is 26.0 Å². The molecule has 222 valence electrons. The Hall–Kier alpha value is -4.38. The molecule has 0 radical (unpaired) electrons. The fourth-order valence-corrected chi connectivity index (χ4v) is 4.96. The van der Waals surface area contributed by atoms with Crippen LogP contribution in [0.5, 0.6) is 17.2 Å². The summed E-state index contributed by atoms with van der Waals surface area (Å²) in [7, 11) is 1.58. The van der Waals surface area contributed by atoms with E-state index in [0.29, 0.717) is 54.2 Å². The van der Waals surface area contributed by atoms with E-state index in [1.807, 2.05) is 38.1 Å². The Labute approximate surface area is 244 Å². The molecule has 11 heteroatoms. The predicted molar refractivity (Wildman–Crippen MR) is 153 cm³/mol. The third-order valence-corrected chi connectivity index (χ3v) is 7.07. The van der Waals surface area contributed by atoms with Crippen LogP contribution >= 0.6 is 0 Å². The molecule has 1 aromatic heterocycles. The molecule has 3 amide bonds. The zero-order valence-corrected chi connectivity index (χ0v) is 24.3. The van der Waals surface area contributed by atoms with Crippen molar-refractivity contribution < 1.29 is 33.0 Å². The number of likely N-dealkylation sites (tertiary alicyclic amines) is 1. The highest BCUT2D eigenvalue weighted by Gasteiger charge is 2.35. The molecule has 0 saturated carbocycles. The van der Waals surface area contributed by atoms with Gasteiger partial charge in [0.1, 0.15) is 23.5 Å². The first-order valence-corrected chi connectivity index (χ1v) is 14.1. The number of carbonyl (C=O) groups excluding carboxylic acids is 3. The van der Waals surface area contributed by atoms with E-state index in [0.717, 1.165) is 5.56 Å². The van der Waals surface area contributed by atoms with Crippen molar-refractivity contribution >= 4 is 17.7 Å². The van der Waals surface area contributed by atoms with Crippen molar-refractivity contribution in [2.45, 2.75) is 45.9 Å². The highest BCUT2D eigenvalue weighted by molar-refractivity contribution is 5.97. The highest BCUT2D eigenvalue weighted by Crippen LogP contribution is 2.30. The Kier molecular flexibility index (Phi) is 8.77. The number of nitrogens with zero attached hydrogens (tertiary/aromatic N) is 3. The predicted octanol–water partition coefficient (Wildman–Crippen LogP) is 3.81. The number of benzene rings is 2. The second kappa shape index (κ2) is 12.6. The van der Waals surface area contributed by atoms with Gasteiger partial charge < -0.3 is 33.7 Å². The van der Waals surface area contributed by atoms with Crippen molar-refractivity contribution in [1.29, 1.82) is 0 Å². The van der Waals surface area contributed by atoms with Crippen molar-refractivity contribution in [2.24, 2.45) is 5.92 Å². The number of fused-ring (bicyclic) bond motifs is 5. The van der Waals surface area contributed by atoms with E-state index in [-0.39, 0.29) is 49.2 Å². The minimum Gasteiger partial charge on any atom is -0.493 e. The molecule has 3 heterocycles. The van der Waals surface area contributed by atoms with Crippen molar-refractivity contribution in [3.8, 4) is 17.2 Å². The number of piperidine rings is 1. The third kappa shape index (κ3) is 7.09. The zero-order chi connectivity index (χ0) is 29.8. The van der Waals surface area contributed by atoms with Crippen LogP contribution in [0.2, 0.25) is 0 Å². The standard InChI is InChI=1S/C31H36N4O7/c1-19(2)16-40-24-11-22-12-25(13-24)42-23-7-5-6-21(10-23)17-41-28-14-35(31(38)27-18-39-20(3)32-27)9-8-26(28)33-29(36)15-34(4)30(22)37/h5-7,10-13,18-19,26,28H,8-9,14-17H2,1-4H3,(H,33,36)/t26-,28-/m0/s1. The summed E-state index contributed by atoms with van der Waals surface area (Å²) in [4.78, 5) is 46.8. The quantitative estimate of drug-likeness (QED) is 0.498. The van der Waals surface area contributed by atoms with E-state index < -0.39 is 6.10 Å². The topological polar surface area (TPSA) is 123 Å². The summed E-state index contributed by atoms with van der Waals surface area (Å²) in [6, 6.07) is 12.2. The highest BCUT2D eigenvalue weighted by atomic mass is 16.5. The molecule has 0 spiro atoms. The molecule has 42 heavy (non-hydrogen) atoms. The zero-order valence-electron chi connectivity index (χ0n) is 24.3. The van der Waals surface area contributed by atoms with E-state index >= 15 is 0 Å². The van der Waals surface area contributed by atoms with E-state index in [1.54, 1.807) is 37.1 Å². The van der Waals surface area contributed by atoms with Gasteiger partial charge in [-0.3, -0.25) is 14.4 Å². The van der Waals surface area contributed by atoms with Gasteiger partial charge in [-0.15, -0.1) is 0 Å². The lowest BCUT2D eigenvalue weighted by Crippen LogP contribution is -2.57. The van der Waals surface area contributed by atoms with Gasteiger partial charge in [0, 0.05) is 38.7 Å². The summed E-state index contributed by atoms with van der Waals surface area (Å²) in [5.41, 5.74) is 1.43. The maximum absolute atomic E-state index is 13.4. The molecule has 11 nitrogen and oxygen atoms in total. The number of hydrogen-bond donors (Lipinski definition) is 1. The Morgan fingerprint density at radius 1 is 1.17 bits per heavy atom. The van der Waals surface area contributed by atoms with Crippen molar-refractivity contribution in [1.82, 2.24) is 20.1 Å². The second-order valence-electron chi connectivity index (χ2n) is 11.1. The minimum atomic E-state index is -0.494.